The van der Waals surface area contributed by atoms with Gasteiger partial charge in [0.05, 0.1) is 24.2 Å². The van der Waals surface area contributed by atoms with E-state index in [0.29, 0.717) is 30.7 Å². The highest BCUT2D eigenvalue weighted by Crippen LogP contribution is 2.24. The van der Waals surface area contributed by atoms with Crippen LogP contribution in [0.5, 0.6) is 5.75 Å². The molecule has 2 rings (SSSR count). The van der Waals surface area contributed by atoms with Gasteiger partial charge in [0, 0.05) is 18.7 Å². The fraction of sp³-hybridized carbons (Fsp3) is 0.682. The summed E-state index contributed by atoms with van der Waals surface area (Å²) in [5, 5.41) is 6.55. The molecular weight excluding hydrogens is 386 g/mol. The number of hydrogen-bond donors (Lipinski definition) is 2. The van der Waals surface area contributed by atoms with Crippen molar-refractivity contribution < 1.29 is 13.2 Å². The maximum absolute atomic E-state index is 11.7. The first kappa shape index (κ1) is 23.5. The predicted molar refractivity (Wildman–Crippen MR) is 120 cm³/mol. The van der Waals surface area contributed by atoms with Gasteiger partial charge in [0.2, 0.25) is 0 Å². The van der Waals surface area contributed by atoms with Crippen LogP contribution in [0.1, 0.15) is 51.7 Å². The second-order valence-electron chi connectivity index (χ2n) is 8.51. The van der Waals surface area contributed by atoms with Crippen LogP contribution in [0.25, 0.3) is 0 Å². The lowest BCUT2D eigenvalue weighted by Crippen LogP contribution is -2.40. The maximum Gasteiger partial charge on any atom is 0.191 e. The van der Waals surface area contributed by atoms with Crippen LogP contribution < -0.4 is 15.4 Å². The normalized spacial score (nSPS) is 19.9. The number of nitrogens with one attached hydrogen (secondary N) is 2. The summed E-state index contributed by atoms with van der Waals surface area (Å²) in [7, 11) is -2.86. The van der Waals surface area contributed by atoms with Gasteiger partial charge in [-0.15, -0.1) is 0 Å². The van der Waals surface area contributed by atoms with E-state index in [1.165, 1.54) is 0 Å². The van der Waals surface area contributed by atoms with Gasteiger partial charge in [0.15, 0.2) is 15.8 Å². The SMILES string of the molecule is CCNC(=NCc1ccc(C)cc1OC(C)CC(C)C)NCC1CCS(=O)(=O)C1. The van der Waals surface area contributed by atoms with E-state index in [9.17, 15) is 8.42 Å². The third-order valence-corrected chi connectivity index (χ3v) is 6.83. The van der Waals surface area contributed by atoms with E-state index in [4.69, 9.17) is 9.73 Å². The topological polar surface area (TPSA) is 79.8 Å². The number of guanidine groups is 1. The van der Waals surface area contributed by atoms with Crippen molar-refractivity contribution in [2.75, 3.05) is 24.6 Å². The lowest BCUT2D eigenvalue weighted by atomic mass is 10.1. The summed E-state index contributed by atoms with van der Waals surface area (Å²) < 4.78 is 29.5. The molecule has 1 aliphatic rings. The zero-order valence-electron chi connectivity index (χ0n) is 18.5. The molecule has 6 nitrogen and oxygen atoms in total. The van der Waals surface area contributed by atoms with Crippen LogP contribution in [-0.2, 0) is 16.4 Å². The van der Waals surface area contributed by atoms with Gasteiger partial charge in [-0.25, -0.2) is 13.4 Å². The molecule has 0 aromatic heterocycles. The van der Waals surface area contributed by atoms with E-state index in [0.717, 1.165) is 36.3 Å². The average molecular weight is 424 g/mol. The lowest BCUT2D eigenvalue weighted by molar-refractivity contribution is 0.191. The number of aliphatic imine (C=N–C) groups is 1. The van der Waals surface area contributed by atoms with Gasteiger partial charge < -0.3 is 15.4 Å². The van der Waals surface area contributed by atoms with E-state index >= 15 is 0 Å². The van der Waals surface area contributed by atoms with Crippen LogP contribution in [0.4, 0.5) is 0 Å². The molecule has 0 amide bonds. The highest BCUT2D eigenvalue weighted by Gasteiger charge is 2.27. The zero-order chi connectivity index (χ0) is 21.4. The zero-order valence-corrected chi connectivity index (χ0v) is 19.3. The fourth-order valence-corrected chi connectivity index (χ4v) is 5.47. The Morgan fingerprint density at radius 1 is 1.28 bits per heavy atom. The molecule has 0 spiro atoms. The van der Waals surface area contributed by atoms with Gasteiger partial charge in [0.1, 0.15) is 5.75 Å². The summed E-state index contributed by atoms with van der Waals surface area (Å²) in [6.07, 6.45) is 1.87. The minimum Gasteiger partial charge on any atom is -0.490 e. The molecule has 0 aliphatic carbocycles. The summed E-state index contributed by atoms with van der Waals surface area (Å²) in [5.74, 6) is 2.90. The van der Waals surface area contributed by atoms with Crippen LogP contribution in [0, 0.1) is 18.8 Å². The smallest absolute Gasteiger partial charge is 0.191 e. The Kier molecular flexibility index (Phi) is 8.80. The van der Waals surface area contributed by atoms with E-state index in [2.05, 4.69) is 56.5 Å². The standard InChI is InChI=1S/C22H37N3O3S/c1-6-23-22(24-13-19-9-10-29(26,27)15-19)25-14-20-8-7-17(4)12-21(20)28-18(5)11-16(2)3/h7-8,12,16,18-19H,6,9-11,13-15H2,1-5H3,(H2,23,24,25). The maximum atomic E-state index is 11.7. The molecule has 1 saturated heterocycles. The summed E-state index contributed by atoms with van der Waals surface area (Å²) in [5.41, 5.74) is 2.21. The van der Waals surface area contributed by atoms with Crippen molar-refractivity contribution in [3.8, 4) is 5.75 Å². The quantitative estimate of drug-likeness (QED) is 0.471. The highest BCUT2D eigenvalue weighted by atomic mass is 32.2. The van der Waals surface area contributed by atoms with Crippen molar-refractivity contribution in [2.24, 2.45) is 16.8 Å². The Labute approximate surface area is 176 Å². The van der Waals surface area contributed by atoms with E-state index in [1.54, 1.807) is 0 Å². The minimum atomic E-state index is -2.86. The Balaban J connectivity index is 2.03. The van der Waals surface area contributed by atoms with Crippen molar-refractivity contribution in [3.05, 3.63) is 29.3 Å². The number of ether oxygens (including phenoxy) is 1. The number of sulfone groups is 1. The molecule has 2 atom stereocenters. The summed E-state index contributed by atoms with van der Waals surface area (Å²) in [6.45, 7) is 12.5. The molecular formula is C22H37N3O3S. The van der Waals surface area contributed by atoms with E-state index in [1.807, 2.05) is 6.92 Å². The molecule has 1 fully saturated rings. The Morgan fingerprint density at radius 2 is 2.03 bits per heavy atom. The lowest BCUT2D eigenvalue weighted by Gasteiger charge is -2.19. The molecule has 1 aromatic carbocycles. The van der Waals surface area contributed by atoms with E-state index in [-0.39, 0.29) is 17.8 Å². The van der Waals surface area contributed by atoms with Crippen molar-refractivity contribution in [2.45, 2.75) is 60.1 Å². The van der Waals surface area contributed by atoms with Gasteiger partial charge in [-0.05, 0) is 57.1 Å². The first-order chi connectivity index (χ1) is 13.7. The number of hydrogen-bond acceptors (Lipinski definition) is 4. The molecule has 1 aromatic rings. The minimum absolute atomic E-state index is 0.148. The molecule has 0 bridgehead atoms. The second kappa shape index (κ2) is 10.9. The number of benzene rings is 1. The average Bonchev–Trinajstić information content (AvgIpc) is 2.97. The van der Waals surface area contributed by atoms with Gasteiger partial charge in [0.25, 0.3) is 0 Å². The predicted octanol–water partition coefficient (Wildman–Crippen LogP) is 3.30. The van der Waals surface area contributed by atoms with Crippen molar-refractivity contribution in [1.82, 2.24) is 10.6 Å². The first-order valence-corrected chi connectivity index (χ1v) is 12.5. The molecule has 29 heavy (non-hydrogen) atoms. The van der Waals surface area contributed by atoms with Crippen LogP contribution in [0.2, 0.25) is 0 Å². The Hall–Kier alpha value is -1.76. The molecule has 7 heteroatoms. The molecule has 2 unspecified atom stereocenters. The van der Waals surface area contributed by atoms with Crippen molar-refractivity contribution in [3.63, 3.8) is 0 Å². The third kappa shape index (κ3) is 8.25. The molecule has 1 heterocycles. The molecule has 0 saturated carbocycles. The molecule has 164 valence electrons. The third-order valence-electron chi connectivity index (χ3n) is 4.99. The van der Waals surface area contributed by atoms with Gasteiger partial charge in [-0.1, -0.05) is 26.0 Å². The summed E-state index contributed by atoms with van der Waals surface area (Å²) in [4.78, 5) is 4.70. The van der Waals surface area contributed by atoms with E-state index < -0.39 is 9.84 Å². The summed E-state index contributed by atoms with van der Waals surface area (Å²) in [6, 6.07) is 6.23. The fourth-order valence-electron chi connectivity index (χ4n) is 3.61. The number of aryl methyl sites for hydroxylation is 1. The largest absolute Gasteiger partial charge is 0.490 e. The monoisotopic (exact) mass is 423 g/mol. The van der Waals surface area contributed by atoms with Crippen molar-refractivity contribution in [1.29, 1.82) is 0 Å². The van der Waals surface area contributed by atoms with Crippen LogP contribution >= 0.6 is 0 Å². The van der Waals surface area contributed by atoms with Crippen LogP contribution in [0.15, 0.2) is 23.2 Å². The highest BCUT2D eigenvalue weighted by molar-refractivity contribution is 7.91. The van der Waals surface area contributed by atoms with Crippen LogP contribution in [-0.4, -0.2) is 45.1 Å². The van der Waals surface area contributed by atoms with Gasteiger partial charge in [-0.3, -0.25) is 0 Å². The molecule has 0 radical (unpaired) electrons. The second-order valence-corrected chi connectivity index (χ2v) is 10.7. The summed E-state index contributed by atoms with van der Waals surface area (Å²) >= 11 is 0. The molecule has 2 N–H and O–H groups in total. The van der Waals surface area contributed by atoms with Gasteiger partial charge in [-0.2, -0.15) is 0 Å². The first-order valence-electron chi connectivity index (χ1n) is 10.7. The Morgan fingerprint density at radius 3 is 2.66 bits per heavy atom. The van der Waals surface area contributed by atoms with Crippen molar-refractivity contribution >= 4 is 15.8 Å². The number of nitrogens with zero attached hydrogens (tertiary/aromatic N) is 1. The van der Waals surface area contributed by atoms with Crippen LogP contribution in [0.3, 0.4) is 0 Å². The Bertz CT molecular complexity index is 790. The van der Waals surface area contributed by atoms with Gasteiger partial charge >= 0.3 is 0 Å². The number of rotatable bonds is 9. The molecule has 1 aliphatic heterocycles.